The lowest BCUT2D eigenvalue weighted by Gasteiger charge is -2.09. The second kappa shape index (κ2) is 9.05. The maximum absolute atomic E-state index is 12.9. The van der Waals surface area contributed by atoms with E-state index in [1.54, 1.807) is 71.5 Å². The summed E-state index contributed by atoms with van der Waals surface area (Å²) < 4.78 is 20.4. The van der Waals surface area contributed by atoms with Gasteiger partial charge >= 0.3 is 0 Å². The Bertz CT molecular complexity index is 1420. The van der Waals surface area contributed by atoms with Crippen molar-refractivity contribution in [1.29, 1.82) is 0 Å². The smallest absolute Gasteiger partial charge is 0.255 e. The summed E-state index contributed by atoms with van der Waals surface area (Å²) in [5.41, 5.74) is 2.02. The highest BCUT2D eigenvalue weighted by Gasteiger charge is 2.10. The molecule has 2 aromatic carbocycles. The van der Waals surface area contributed by atoms with Crippen LogP contribution >= 0.6 is 11.3 Å². The van der Waals surface area contributed by atoms with Crippen molar-refractivity contribution in [2.24, 2.45) is 0 Å². The van der Waals surface area contributed by atoms with Gasteiger partial charge in [-0.25, -0.2) is 18.9 Å². The minimum absolute atomic E-state index is 0.333. The molecule has 5 rings (SSSR count). The number of carbonyl (C=O) groups excluding carboxylic acids is 1. The Kier molecular flexibility index (Phi) is 5.64. The van der Waals surface area contributed by atoms with Gasteiger partial charge in [0.15, 0.2) is 16.6 Å². The fraction of sp³-hybridized carbons (Fsp3) is 0.0435. The number of rotatable bonds is 7. The molecule has 0 aliphatic rings. The number of hydrogen-bond acceptors (Lipinski definition) is 7. The van der Waals surface area contributed by atoms with E-state index >= 15 is 0 Å². The first-order valence-corrected chi connectivity index (χ1v) is 10.8. The fourth-order valence-electron chi connectivity index (χ4n) is 3.13. The molecule has 1 amide bonds. The zero-order chi connectivity index (χ0) is 22.6. The molecule has 0 spiro atoms. The van der Waals surface area contributed by atoms with Crippen molar-refractivity contribution in [2.75, 3.05) is 10.6 Å². The molecular formula is C23H17FN6O2S. The van der Waals surface area contributed by atoms with Crippen molar-refractivity contribution in [3.8, 4) is 11.6 Å². The Morgan fingerprint density at radius 1 is 1.12 bits per heavy atom. The van der Waals surface area contributed by atoms with Crippen LogP contribution in [0.5, 0.6) is 11.6 Å². The molecule has 0 saturated carbocycles. The number of hydrogen-bond donors (Lipinski definition) is 2. The summed E-state index contributed by atoms with van der Waals surface area (Å²) in [6, 6.07) is 16.9. The molecule has 2 N–H and O–H groups in total. The molecule has 0 saturated heterocycles. The quantitative estimate of drug-likeness (QED) is 0.336. The molecule has 3 aromatic heterocycles. The van der Waals surface area contributed by atoms with E-state index in [2.05, 4.69) is 25.7 Å². The average molecular weight is 460 g/mol. The van der Waals surface area contributed by atoms with Crippen LogP contribution in [0.1, 0.15) is 15.9 Å². The SMILES string of the molecule is O=C(Nc1cccc(Oc2ccc3nc(Nc4nccs4)cn3n2)c1)c1cccc(CF)c1. The topological polar surface area (TPSA) is 93.4 Å². The van der Waals surface area contributed by atoms with Crippen molar-refractivity contribution in [3.05, 3.63) is 89.6 Å². The summed E-state index contributed by atoms with van der Waals surface area (Å²) in [6.45, 7) is -0.624. The number of benzene rings is 2. The summed E-state index contributed by atoms with van der Waals surface area (Å²) >= 11 is 1.48. The third-order valence-corrected chi connectivity index (χ3v) is 5.31. The van der Waals surface area contributed by atoms with Crippen LogP contribution in [0.4, 0.5) is 21.0 Å². The number of amides is 1. The molecule has 0 bridgehead atoms. The first-order chi connectivity index (χ1) is 16.2. The zero-order valence-electron chi connectivity index (χ0n) is 17.1. The van der Waals surface area contributed by atoms with E-state index in [4.69, 9.17) is 4.74 Å². The molecule has 0 unspecified atom stereocenters. The summed E-state index contributed by atoms with van der Waals surface area (Å²) in [4.78, 5) is 21.1. The molecule has 0 aliphatic carbocycles. The summed E-state index contributed by atoms with van der Waals surface area (Å²) in [7, 11) is 0. The van der Waals surface area contributed by atoms with E-state index in [0.29, 0.717) is 39.9 Å². The number of aromatic nitrogens is 4. The predicted molar refractivity (Wildman–Crippen MR) is 124 cm³/mol. The van der Waals surface area contributed by atoms with Crippen molar-refractivity contribution >= 4 is 39.5 Å². The van der Waals surface area contributed by atoms with Crippen LogP contribution in [-0.4, -0.2) is 25.5 Å². The second-order valence-corrected chi connectivity index (χ2v) is 7.88. The molecule has 0 radical (unpaired) electrons. The molecule has 164 valence electrons. The maximum atomic E-state index is 12.9. The van der Waals surface area contributed by atoms with Crippen LogP contribution in [-0.2, 0) is 6.67 Å². The van der Waals surface area contributed by atoms with Gasteiger partial charge in [0.25, 0.3) is 5.91 Å². The number of halogens is 1. The monoisotopic (exact) mass is 460 g/mol. The van der Waals surface area contributed by atoms with E-state index in [1.165, 1.54) is 17.4 Å². The number of ether oxygens (including phenoxy) is 1. The molecule has 10 heteroatoms. The number of carbonyl (C=O) groups is 1. The van der Waals surface area contributed by atoms with Crippen LogP contribution < -0.4 is 15.4 Å². The Labute approximate surface area is 191 Å². The lowest BCUT2D eigenvalue weighted by Crippen LogP contribution is -2.12. The minimum Gasteiger partial charge on any atom is -0.438 e. The average Bonchev–Trinajstić information content (AvgIpc) is 3.48. The van der Waals surface area contributed by atoms with Crippen molar-refractivity contribution < 1.29 is 13.9 Å². The van der Waals surface area contributed by atoms with E-state index in [1.807, 2.05) is 5.38 Å². The fourth-order valence-corrected chi connectivity index (χ4v) is 3.67. The van der Waals surface area contributed by atoms with Crippen LogP contribution in [0.3, 0.4) is 0 Å². The van der Waals surface area contributed by atoms with Gasteiger partial charge in [0.05, 0.1) is 6.20 Å². The van der Waals surface area contributed by atoms with Gasteiger partial charge in [-0.2, -0.15) is 0 Å². The molecule has 0 fully saturated rings. The standard InChI is InChI=1S/C23H17FN6O2S/c24-13-15-3-1-4-16(11-15)22(31)26-17-5-2-6-18(12-17)32-21-8-7-20-27-19(14-30(20)29-21)28-23-25-9-10-33-23/h1-12,14H,13H2,(H,25,28)(H,26,31). The zero-order valence-corrected chi connectivity index (χ0v) is 17.9. The van der Waals surface area contributed by atoms with Gasteiger partial charge in [-0.05, 0) is 35.9 Å². The molecule has 0 atom stereocenters. The van der Waals surface area contributed by atoms with E-state index < -0.39 is 6.67 Å². The van der Waals surface area contributed by atoms with Gasteiger partial charge < -0.3 is 15.4 Å². The highest BCUT2D eigenvalue weighted by molar-refractivity contribution is 7.13. The molecule has 33 heavy (non-hydrogen) atoms. The van der Waals surface area contributed by atoms with Crippen LogP contribution in [0.2, 0.25) is 0 Å². The Morgan fingerprint density at radius 3 is 2.88 bits per heavy atom. The van der Waals surface area contributed by atoms with Crippen molar-refractivity contribution in [1.82, 2.24) is 19.6 Å². The van der Waals surface area contributed by atoms with Crippen molar-refractivity contribution in [2.45, 2.75) is 6.67 Å². The minimum atomic E-state index is -0.624. The largest absolute Gasteiger partial charge is 0.438 e. The number of nitrogens with zero attached hydrogens (tertiary/aromatic N) is 4. The molecule has 0 aliphatic heterocycles. The number of fused-ring (bicyclic) bond motifs is 1. The highest BCUT2D eigenvalue weighted by atomic mass is 32.1. The number of nitrogens with one attached hydrogen (secondary N) is 2. The molecule has 3 heterocycles. The van der Waals surface area contributed by atoms with Crippen LogP contribution in [0.25, 0.3) is 5.65 Å². The molecule has 8 nitrogen and oxygen atoms in total. The molecule has 5 aromatic rings. The first kappa shape index (κ1) is 20.6. The first-order valence-electron chi connectivity index (χ1n) is 9.93. The highest BCUT2D eigenvalue weighted by Crippen LogP contribution is 2.24. The number of anilines is 3. The van der Waals surface area contributed by atoms with Gasteiger partial charge in [0.1, 0.15) is 12.4 Å². The lowest BCUT2D eigenvalue weighted by molar-refractivity contribution is 0.102. The Balaban J connectivity index is 1.30. The van der Waals surface area contributed by atoms with Gasteiger partial charge in [0.2, 0.25) is 5.88 Å². The van der Waals surface area contributed by atoms with E-state index in [0.717, 1.165) is 5.13 Å². The van der Waals surface area contributed by atoms with E-state index in [9.17, 15) is 9.18 Å². The van der Waals surface area contributed by atoms with Crippen molar-refractivity contribution in [3.63, 3.8) is 0 Å². The summed E-state index contributed by atoms with van der Waals surface area (Å²) in [5, 5.41) is 13.0. The third-order valence-electron chi connectivity index (χ3n) is 4.62. The maximum Gasteiger partial charge on any atom is 0.255 e. The summed E-state index contributed by atoms with van der Waals surface area (Å²) in [5.74, 6) is 1.15. The van der Waals surface area contributed by atoms with Gasteiger partial charge in [-0.15, -0.1) is 16.4 Å². The summed E-state index contributed by atoms with van der Waals surface area (Å²) in [6.07, 6.45) is 3.45. The number of alkyl halides is 1. The Hall–Kier alpha value is -4.31. The van der Waals surface area contributed by atoms with Crippen LogP contribution in [0, 0.1) is 0 Å². The van der Waals surface area contributed by atoms with Gasteiger partial charge in [0, 0.05) is 35.0 Å². The predicted octanol–water partition coefficient (Wildman–Crippen LogP) is 5.44. The Morgan fingerprint density at radius 2 is 2.03 bits per heavy atom. The number of imidazole rings is 1. The molecular weight excluding hydrogens is 443 g/mol. The van der Waals surface area contributed by atoms with Crippen LogP contribution in [0.15, 0.2) is 78.4 Å². The third kappa shape index (κ3) is 4.80. The van der Waals surface area contributed by atoms with Gasteiger partial charge in [-0.1, -0.05) is 18.2 Å². The lowest BCUT2D eigenvalue weighted by atomic mass is 10.1. The number of thiazole rings is 1. The second-order valence-electron chi connectivity index (χ2n) is 6.98. The van der Waals surface area contributed by atoms with E-state index in [-0.39, 0.29) is 5.91 Å². The normalized spacial score (nSPS) is 10.8. The van der Waals surface area contributed by atoms with Gasteiger partial charge in [-0.3, -0.25) is 4.79 Å².